The first-order valence-corrected chi connectivity index (χ1v) is 9.38. The van der Waals surface area contributed by atoms with Gasteiger partial charge in [-0.05, 0) is 30.7 Å². The first kappa shape index (κ1) is 16.3. The molecule has 25 heavy (non-hydrogen) atoms. The van der Waals surface area contributed by atoms with E-state index >= 15 is 0 Å². The van der Waals surface area contributed by atoms with Gasteiger partial charge in [-0.1, -0.05) is 30.3 Å². The van der Waals surface area contributed by atoms with Gasteiger partial charge in [-0.15, -0.1) is 0 Å². The summed E-state index contributed by atoms with van der Waals surface area (Å²) in [6, 6.07) is 10.6. The summed E-state index contributed by atoms with van der Waals surface area (Å²) >= 11 is 0. The van der Waals surface area contributed by atoms with Crippen LogP contribution in [0.25, 0.3) is 0 Å². The van der Waals surface area contributed by atoms with Crippen molar-refractivity contribution >= 4 is 5.91 Å². The fraction of sp³-hybridized carbons (Fsp3) is 0.500. The molecule has 4 rings (SSSR count). The second-order valence-corrected chi connectivity index (χ2v) is 7.19. The Hall–Kier alpha value is -2.14. The van der Waals surface area contributed by atoms with E-state index in [-0.39, 0.29) is 5.91 Å². The maximum Gasteiger partial charge on any atom is 0.269 e. The lowest BCUT2D eigenvalue weighted by atomic mass is 10.1. The number of hydrogen-bond donors (Lipinski definition) is 1. The Balaban J connectivity index is 1.34. The van der Waals surface area contributed by atoms with Crippen molar-refractivity contribution in [2.75, 3.05) is 26.2 Å². The second kappa shape index (κ2) is 7.40. The molecule has 2 aliphatic rings. The van der Waals surface area contributed by atoms with Gasteiger partial charge in [-0.2, -0.15) is 0 Å². The van der Waals surface area contributed by atoms with E-state index in [2.05, 4.69) is 50.1 Å². The molecule has 0 radical (unpaired) electrons. The summed E-state index contributed by atoms with van der Waals surface area (Å²) in [6.07, 6.45) is 6.22. The lowest BCUT2D eigenvalue weighted by molar-refractivity contribution is 0.0941. The molecule has 0 saturated heterocycles. The summed E-state index contributed by atoms with van der Waals surface area (Å²) in [5, 5.41) is 3.06. The van der Waals surface area contributed by atoms with Crippen molar-refractivity contribution in [3.8, 4) is 0 Å². The number of rotatable bonds is 6. The highest BCUT2D eigenvalue weighted by molar-refractivity contribution is 5.92. The third-order valence-electron chi connectivity index (χ3n) is 5.27. The summed E-state index contributed by atoms with van der Waals surface area (Å²) in [7, 11) is 0. The third kappa shape index (κ3) is 4.10. The SMILES string of the molecule is O=C(NCC1CC1)c1cnc2n1CCN(CCc1ccccc1)CC2. The summed E-state index contributed by atoms with van der Waals surface area (Å²) in [6.45, 7) is 4.68. The molecule has 0 unspecified atom stereocenters. The minimum Gasteiger partial charge on any atom is -0.350 e. The van der Waals surface area contributed by atoms with Gasteiger partial charge in [0, 0.05) is 39.1 Å². The fourth-order valence-electron chi connectivity index (χ4n) is 3.46. The van der Waals surface area contributed by atoms with Gasteiger partial charge in [0.15, 0.2) is 0 Å². The Morgan fingerprint density at radius 1 is 1.16 bits per heavy atom. The second-order valence-electron chi connectivity index (χ2n) is 7.19. The molecule has 5 nitrogen and oxygen atoms in total. The van der Waals surface area contributed by atoms with Crippen LogP contribution in [0, 0.1) is 5.92 Å². The maximum absolute atomic E-state index is 12.4. The molecule has 1 fully saturated rings. The number of carbonyl (C=O) groups excluding carboxylic acids is 1. The fourth-order valence-corrected chi connectivity index (χ4v) is 3.46. The van der Waals surface area contributed by atoms with Gasteiger partial charge in [0.05, 0.1) is 6.20 Å². The van der Waals surface area contributed by atoms with Crippen LogP contribution in [0.5, 0.6) is 0 Å². The Kier molecular flexibility index (Phi) is 4.83. The zero-order valence-corrected chi connectivity index (χ0v) is 14.7. The minimum atomic E-state index is 0.0309. The number of imidazole rings is 1. The molecule has 2 aromatic rings. The van der Waals surface area contributed by atoms with Gasteiger partial charge < -0.3 is 14.8 Å². The van der Waals surface area contributed by atoms with Crippen LogP contribution in [0.2, 0.25) is 0 Å². The molecule has 0 bridgehead atoms. The van der Waals surface area contributed by atoms with Crippen LogP contribution in [-0.2, 0) is 19.4 Å². The summed E-state index contributed by atoms with van der Waals surface area (Å²) < 4.78 is 2.12. The van der Waals surface area contributed by atoms with Crippen LogP contribution >= 0.6 is 0 Å². The molecule has 1 amide bonds. The largest absolute Gasteiger partial charge is 0.350 e. The molecule has 2 heterocycles. The minimum absolute atomic E-state index is 0.0309. The van der Waals surface area contributed by atoms with Crippen LogP contribution in [0.1, 0.15) is 34.7 Å². The van der Waals surface area contributed by atoms with Crippen molar-refractivity contribution in [1.82, 2.24) is 19.8 Å². The number of hydrogen-bond acceptors (Lipinski definition) is 3. The topological polar surface area (TPSA) is 50.2 Å². The molecule has 132 valence electrons. The van der Waals surface area contributed by atoms with E-state index in [9.17, 15) is 4.79 Å². The molecule has 5 heteroatoms. The number of nitrogens with one attached hydrogen (secondary N) is 1. The summed E-state index contributed by atoms with van der Waals surface area (Å²) in [5.74, 6) is 1.77. The lowest BCUT2D eigenvalue weighted by Gasteiger charge is -2.19. The monoisotopic (exact) mass is 338 g/mol. The first-order valence-electron chi connectivity index (χ1n) is 9.38. The zero-order chi connectivity index (χ0) is 17.1. The van der Waals surface area contributed by atoms with Crippen LogP contribution in [0.15, 0.2) is 36.5 Å². The van der Waals surface area contributed by atoms with Crippen LogP contribution < -0.4 is 5.32 Å². The number of amides is 1. The molecule has 1 aromatic carbocycles. The van der Waals surface area contributed by atoms with Gasteiger partial charge in [-0.25, -0.2) is 4.98 Å². The number of benzene rings is 1. The highest BCUT2D eigenvalue weighted by Gasteiger charge is 2.24. The van der Waals surface area contributed by atoms with Crippen LogP contribution in [0.3, 0.4) is 0 Å². The number of carbonyl (C=O) groups is 1. The average molecular weight is 338 g/mol. The van der Waals surface area contributed by atoms with Crippen LogP contribution in [0.4, 0.5) is 0 Å². The predicted molar refractivity (Wildman–Crippen MR) is 97.6 cm³/mol. The standard InChI is InChI=1S/C20H26N4O/c25-20(22-14-17-6-7-17)18-15-21-19-9-11-23(12-13-24(18)19)10-8-16-4-2-1-3-5-16/h1-5,15,17H,6-14H2,(H,22,25). The number of nitrogens with zero attached hydrogens (tertiary/aromatic N) is 3. The Morgan fingerprint density at radius 3 is 2.80 bits per heavy atom. The molecule has 1 saturated carbocycles. The molecular weight excluding hydrogens is 312 g/mol. The van der Waals surface area contributed by atoms with E-state index in [1.165, 1.54) is 18.4 Å². The van der Waals surface area contributed by atoms with Gasteiger partial charge in [0.2, 0.25) is 0 Å². The van der Waals surface area contributed by atoms with E-state index in [1.807, 2.05) is 0 Å². The van der Waals surface area contributed by atoms with E-state index in [0.29, 0.717) is 5.92 Å². The molecule has 0 atom stereocenters. The highest BCUT2D eigenvalue weighted by atomic mass is 16.2. The first-order chi connectivity index (χ1) is 12.3. The third-order valence-corrected chi connectivity index (χ3v) is 5.27. The highest BCUT2D eigenvalue weighted by Crippen LogP contribution is 2.27. The zero-order valence-electron chi connectivity index (χ0n) is 14.7. The predicted octanol–water partition coefficient (Wildman–Crippen LogP) is 2.12. The molecular formula is C20H26N4O. The van der Waals surface area contributed by atoms with E-state index in [1.54, 1.807) is 6.20 Å². The quantitative estimate of drug-likeness (QED) is 0.878. The van der Waals surface area contributed by atoms with E-state index < -0.39 is 0 Å². The van der Waals surface area contributed by atoms with E-state index in [4.69, 9.17) is 0 Å². The van der Waals surface area contributed by atoms with Gasteiger partial charge in [-0.3, -0.25) is 4.79 Å². The van der Waals surface area contributed by atoms with Crippen LogP contribution in [-0.4, -0.2) is 46.5 Å². The van der Waals surface area contributed by atoms with Gasteiger partial charge in [0.1, 0.15) is 11.5 Å². The Bertz CT molecular complexity index is 721. The lowest BCUT2D eigenvalue weighted by Crippen LogP contribution is -2.31. The van der Waals surface area contributed by atoms with Gasteiger partial charge >= 0.3 is 0 Å². The van der Waals surface area contributed by atoms with Gasteiger partial charge in [0.25, 0.3) is 5.91 Å². The Labute approximate surface area is 149 Å². The number of fused-ring (bicyclic) bond motifs is 1. The molecule has 1 aliphatic carbocycles. The van der Waals surface area contributed by atoms with Crippen molar-refractivity contribution < 1.29 is 4.79 Å². The Morgan fingerprint density at radius 2 is 2.00 bits per heavy atom. The maximum atomic E-state index is 12.4. The summed E-state index contributed by atoms with van der Waals surface area (Å²) in [4.78, 5) is 19.4. The average Bonchev–Trinajstić information content (AvgIpc) is 3.42. The molecule has 0 spiro atoms. The molecule has 1 N–H and O–H groups in total. The summed E-state index contributed by atoms with van der Waals surface area (Å²) in [5.41, 5.74) is 2.10. The normalized spacial score (nSPS) is 17.8. The molecule has 1 aliphatic heterocycles. The van der Waals surface area contributed by atoms with Crippen molar-refractivity contribution in [3.63, 3.8) is 0 Å². The smallest absolute Gasteiger partial charge is 0.269 e. The van der Waals surface area contributed by atoms with Crippen molar-refractivity contribution in [1.29, 1.82) is 0 Å². The van der Waals surface area contributed by atoms with E-state index in [0.717, 1.165) is 57.1 Å². The van der Waals surface area contributed by atoms with Crippen molar-refractivity contribution in [2.24, 2.45) is 5.92 Å². The van der Waals surface area contributed by atoms with Crippen molar-refractivity contribution in [2.45, 2.75) is 32.2 Å². The van der Waals surface area contributed by atoms with Crippen molar-refractivity contribution in [3.05, 3.63) is 53.6 Å². The number of aromatic nitrogens is 2. The molecule has 1 aromatic heterocycles.